The van der Waals surface area contributed by atoms with E-state index in [9.17, 15) is 9.59 Å². The van der Waals surface area contributed by atoms with Crippen molar-refractivity contribution in [3.63, 3.8) is 0 Å². The third-order valence-corrected chi connectivity index (χ3v) is 4.51. The molecule has 3 rings (SSSR count). The van der Waals surface area contributed by atoms with Gasteiger partial charge in [0.15, 0.2) is 0 Å². The summed E-state index contributed by atoms with van der Waals surface area (Å²) in [6.45, 7) is 2.70. The van der Waals surface area contributed by atoms with Crippen LogP contribution in [0.5, 0.6) is 0 Å². The number of nitrogens with one attached hydrogen (secondary N) is 1. The van der Waals surface area contributed by atoms with Crippen LogP contribution < -0.4 is 11.1 Å². The summed E-state index contributed by atoms with van der Waals surface area (Å²) in [4.78, 5) is 26.5. The number of carbonyl (C=O) groups is 2. The second kappa shape index (κ2) is 7.10. The summed E-state index contributed by atoms with van der Waals surface area (Å²) < 4.78 is 5.37. The Morgan fingerprint density at radius 2 is 2.22 bits per heavy atom. The number of ether oxygens (including phenoxy) is 1. The van der Waals surface area contributed by atoms with Crippen molar-refractivity contribution >= 4 is 17.5 Å². The first-order valence-corrected chi connectivity index (χ1v) is 8.19. The summed E-state index contributed by atoms with van der Waals surface area (Å²) in [6.07, 6.45) is 2.24. The van der Waals surface area contributed by atoms with E-state index < -0.39 is 0 Å². The predicted octanol–water partition coefficient (Wildman–Crippen LogP) is 1.22. The zero-order chi connectivity index (χ0) is 16.2. The number of nitrogens with two attached hydrogens (primary N) is 1. The largest absolute Gasteiger partial charge is 0.368 e. The van der Waals surface area contributed by atoms with Crippen LogP contribution in [0.4, 0.5) is 5.69 Å². The third-order valence-electron chi connectivity index (χ3n) is 4.51. The van der Waals surface area contributed by atoms with Crippen LogP contribution in [0.25, 0.3) is 0 Å². The molecule has 2 aliphatic heterocycles. The van der Waals surface area contributed by atoms with E-state index in [4.69, 9.17) is 10.5 Å². The van der Waals surface area contributed by atoms with Gasteiger partial charge in [-0.1, -0.05) is 6.07 Å². The molecule has 0 aromatic heterocycles. The summed E-state index contributed by atoms with van der Waals surface area (Å²) in [5.74, 6) is 0.243. The number of rotatable bonds is 4. The quantitative estimate of drug-likeness (QED) is 0.874. The van der Waals surface area contributed by atoms with Gasteiger partial charge >= 0.3 is 0 Å². The highest BCUT2D eigenvalue weighted by molar-refractivity contribution is 5.98. The van der Waals surface area contributed by atoms with E-state index in [1.54, 1.807) is 24.3 Å². The average Bonchev–Trinajstić information content (AvgIpc) is 3.25. The van der Waals surface area contributed by atoms with Gasteiger partial charge in [0, 0.05) is 30.9 Å². The smallest absolute Gasteiger partial charge is 0.253 e. The second-order valence-corrected chi connectivity index (χ2v) is 6.21. The molecule has 0 saturated carbocycles. The normalized spacial score (nSPS) is 24.0. The van der Waals surface area contributed by atoms with Crippen LogP contribution in [0.1, 0.15) is 29.6 Å². The van der Waals surface area contributed by atoms with Crippen molar-refractivity contribution in [2.45, 2.75) is 25.4 Å². The van der Waals surface area contributed by atoms with Crippen molar-refractivity contribution in [2.24, 2.45) is 11.7 Å². The van der Waals surface area contributed by atoms with Crippen molar-refractivity contribution in [1.82, 2.24) is 4.90 Å². The second-order valence-electron chi connectivity index (χ2n) is 6.21. The molecule has 2 unspecified atom stereocenters. The van der Waals surface area contributed by atoms with Crippen LogP contribution in [0.2, 0.25) is 0 Å². The van der Waals surface area contributed by atoms with Crippen LogP contribution in [-0.2, 0) is 9.53 Å². The molecule has 0 radical (unpaired) electrons. The van der Waals surface area contributed by atoms with E-state index in [1.807, 2.05) is 4.90 Å². The van der Waals surface area contributed by atoms with Gasteiger partial charge in [0.1, 0.15) is 6.10 Å². The molecule has 6 nitrogen and oxygen atoms in total. The summed E-state index contributed by atoms with van der Waals surface area (Å²) in [5, 5.41) is 2.83. The van der Waals surface area contributed by atoms with Gasteiger partial charge < -0.3 is 20.7 Å². The van der Waals surface area contributed by atoms with Crippen molar-refractivity contribution in [3.8, 4) is 0 Å². The zero-order valence-corrected chi connectivity index (χ0v) is 13.2. The van der Waals surface area contributed by atoms with Crippen LogP contribution in [-0.4, -0.2) is 49.1 Å². The molecule has 2 aliphatic rings. The van der Waals surface area contributed by atoms with Crippen LogP contribution in [0.3, 0.4) is 0 Å². The topological polar surface area (TPSA) is 84.7 Å². The number of anilines is 1. The van der Waals surface area contributed by atoms with E-state index in [1.165, 1.54) is 0 Å². The Morgan fingerprint density at radius 1 is 1.35 bits per heavy atom. The molecule has 2 atom stereocenters. The highest BCUT2D eigenvalue weighted by Gasteiger charge is 2.27. The minimum atomic E-state index is -0.377. The summed E-state index contributed by atoms with van der Waals surface area (Å²) in [5.41, 5.74) is 6.90. The molecule has 6 heteroatoms. The van der Waals surface area contributed by atoms with Crippen molar-refractivity contribution in [3.05, 3.63) is 29.8 Å². The molecule has 0 aliphatic carbocycles. The van der Waals surface area contributed by atoms with E-state index in [0.717, 1.165) is 25.8 Å². The monoisotopic (exact) mass is 317 g/mol. The Bertz CT molecular complexity index is 584. The Morgan fingerprint density at radius 3 is 2.91 bits per heavy atom. The maximum Gasteiger partial charge on any atom is 0.253 e. The van der Waals surface area contributed by atoms with Crippen molar-refractivity contribution < 1.29 is 14.3 Å². The SMILES string of the molecule is NCC1CCN(C(=O)c2cccc(NC(=O)C3CCCO3)c2)C1. The molecule has 0 spiro atoms. The van der Waals surface area contributed by atoms with Gasteiger partial charge in [-0.3, -0.25) is 9.59 Å². The Balaban J connectivity index is 1.65. The first-order valence-electron chi connectivity index (χ1n) is 8.19. The van der Waals surface area contributed by atoms with Crippen molar-refractivity contribution in [2.75, 3.05) is 31.6 Å². The molecule has 3 N–H and O–H groups in total. The van der Waals surface area contributed by atoms with E-state index in [-0.39, 0.29) is 17.9 Å². The van der Waals surface area contributed by atoms with Gasteiger partial charge in [-0.15, -0.1) is 0 Å². The minimum absolute atomic E-state index is 0.00540. The number of nitrogens with zero attached hydrogens (tertiary/aromatic N) is 1. The maximum atomic E-state index is 12.6. The van der Waals surface area contributed by atoms with Gasteiger partial charge in [-0.05, 0) is 49.9 Å². The molecule has 0 bridgehead atoms. The number of hydrogen-bond donors (Lipinski definition) is 2. The molecule has 2 fully saturated rings. The lowest BCUT2D eigenvalue weighted by Crippen LogP contribution is -2.30. The third kappa shape index (κ3) is 3.71. The van der Waals surface area contributed by atoms with Gasteiger partial charge in [-0.25, -0.2) is 0 Å². The first-order chi connectivity index (χ1) is 11.2. The Hall–Kier alpha value is -1.92. The number of benzene rings is 1. The number of hydrogen-bond acceptors (Lipinski definition) is 4. The fourth-order valence-corrected chi connectivity index (χ4v) is 3.13. The lowest BCUT2D eigenvalue weighted by molar-refractivity contribution is -0.124. The fraction of sp³-hybridized carbons (Fsp3) is 0.529. The molecular formula is C17H23N3O3. The lowest BCUT2D eigenvalue weighted by atomic mass is 10.1. The standard InChI is InChI=1S/C17H23N3O3/c18-10-12-6-7-20(11-12)17(22)13-3-1-4-14(9-13)19-16(21)15-5-2-8-23-15/h1,3-4,9,12,15H,2,5-8,10-11,18H2,(H,19,21). The van der Waals surface area contributed by atoms with Gasteiger partial charge in [-0.2, -0.15) is 0 Å². The molecule has 2 saturated heterocycles. The summed E-state index contributed by atoms with van der Waals surface area (Å²) >= 11 is 0. The van der Waals surface area contributed by atoms with Gasteiger partial charge in [0.2, 0.25) is 0 Å². The van der Waals surface area contributed by atoms with Crippen LogP contribution in [0.15, 0.2) is 24.3 Å². The molecule has 124 valence electrons. The van der Waals surface area contributed by atoms with Crippen molar-refractivity contribution in [1.29, 1.82) is 0 Å². The number of carbonyl (C=O) groups excluding carboxylic acids is 2. The fourth-order valence-electron chi connectivity index (χ4n) is 3.13. The molecule has 1 aromatic rings. The predicted molar refractivity (Wildman–Crippen MR) is 87.1 cm³/mol. The Labute approximate surface area is 136 Å². The van der Waals surface area contributed by atoms with E-state index in [2.05, 4.69) is 5.32 Å². The highest BCUT2D eigenvalue weighted by Crippen LogP contribution is 2.20. The molecule has 23 heavy (non-hydrogen) atoms. The average molecular weight is 317 g/mol. The molecule has 2 amide bonds. The molecule has 1 aromatic carbocycles. The minimum Gasteiger partial charge on any atom is -0.368 e. The van der Waals surface area contributed by atoms with Gasteiger partial charge in [0.05, 0.1) is 0 Å². The lowest BCUT2D eigenvalue weighted by Gasteiger charge is -2.17. The molecule has 2 heterocycles. The first kappa shape index (κ1) is 16.0. The van der Waals surface area contributed by atoms with Gasteiger partial charge in [0.25, 0.3) is 11.8 Å². The summed E-state index contributed by atoms with van der Waals surface area (Å²) in [6, 6.07) is 7.08. The number of amides is 2. The van der Waals surface area contributed by atoms with E-state index in [0.29, 0.717) is 36.9 Å². The number of likely N-dealkylation sites (tertiary alicyclic amines) is 1. The van der Waals surface area contributed by atoms with Crippen LogP contribution in [0, 0.1) is 5.92 Å². The van der Waals surface area contributed by atoms with E-state index >= 15 is 0 Å². The Kier molecular flexibility index (Phi) is 4.93. The highest BCUT2D eigenvalue weighted by atomic mass is 16.5. The van der Waals surface area contributed by atoms with Crippen LogP contribution >= 0.6 is 0 Å². The maximum absolute atomic E-state index is 12.6. The summed E-state index contributed by atoms with van der Waals surface area (Å²) in [7, 11) is 0. The molecular weight excluding hydrogens is 294 g/mol. The zero-order valence-electron chi connectivity index (χ0n) is 13.2.